The second-order valence-corrected chi connectivity index (χ2v) is 3.99. The zero-order chi connectivity index (χ0) is 9.84. The summed E-state index contributed by atoms with van der Waals surface area (Å²) in [5, 5.41) is 3.86. The van der Waals surface area contributed by atoms with Crippen molar-refractivity contribution in [3.05, 3.63) is 45.9 Å². The van der Waals surface area contributed by atoms with Gasteiger partial charge in [0.05, 0.1) is 6.04 Å². The van der Waals surface area contributed by atoms with Crippen molar-refractivity contribution < 1.29 is 0 Å². The van der Waals surface area contributed by atoms with E-state index in [0.717, 1.165) is 15.1 Å². The van der Waals surface area contributed by atoms with Crippen molar-refractivity contribution in [2.24, 2.45) is 0 Å². The first kappa shape index (κ1) is 10.8. The highest BCUT2D eigenvalue weighted by atomic mass is 79.9. The number of hydrogen-bond donors (Lipinski definition) is 1. The Morgan fingerprint density at radius 1 is 1.62 bits per heavy atom. The van der Waals surface area contributed by atoms with Crippen LogP contribution in [0.25, 0.3) is 0 Å². The Morgan fingerprint density at radius 3 is 2.85 bits per heavy atom. The van der Waals surface area contributed by atoms with Crippen LogP contribution in [-0.4, -0.2) is 7.05 Å². The van der Waals surface area contributed by atoms with E-state index in [0.29, 0.717) is 0 Å². The van der Waals surface area contributed by atoms with Crippen LogP contribution < -0.4 is 5.32 Å². The van der Waals surface area contributed by atoms with E-state index in [1.54, 1.807) is 0 Å². The lowest BCUT2D eigenvalue weighted by molar-refractivity contribution is 0.716. The summed E-state index contributed by atoms with van der Waals surface area (Å²) in [4.78, 5) is 0. The first-order valence-electron chi connectivity index (χ1n) is 3.93. The Labute approximate surface area is 91.9 Å². The summed E-state index contributed by atoms with van der Waals surface area (Å²) in [6.07, 6.45) is 1.83. The molecule has 70 valence electrons. The first-order chi connectivity index (χ1) is 6.19. The number of hydrogen-bond acceptors (Lipinski definition) is 1. The molecule has 0 radical (unpaired) electrons. The lowest BCUT2D eigenvalue weighted by Crippen LogP contribution is -2.13. The van der Waals surface area contributed by atoms with Crippen molar-refractivity contribution in [1.29, 1.82) is 0 Å². The van der Waals surface area contributed by atoms with Gasteiger partial charge in [0, 0.05) is 9.50 Å². The molecule has 1 rings (SSSR count). The summed E-state index contributed by atoms with van der Waals surface area (Å²) in [5.74, 6) is 0. The van der Waals surface area contributed by atoms with Crippen LogP contribution >= 0.6 is 27.5 Å². The molecular formula is C10H11BrClN. The fraction of sp³-hybridized carbons (Fsp3) is 0.200. The van der Waals surface area contributed by atoms with Crippen LogP contribution in [0.4, 0.5) is 0 Å². The molecule has 0 saturated heterocycles. The van der Waals surface area contributed by atoms with E-state index in [1.165, 1.54) is 0 Å². The van der Waals surface area contributed by atoms with Crippen LogP contribution in [0.15, 0.2) is 35.3 Å². The molecule has 0 amide bonds. The van der Waals surface area contributed by atoms with Gasteiger partial charge in [0.2, 0.25) is 0 Å². The molecule has 1 aromatic rings. The predicted molar refractivity (Wildman–Crippen MR) is 61.1 cm³/mol. The molecule has 1 aromatic carbocycles. The summed E-state index contributed by atoms with van der Waals surface area (Å²) in [6.45, 7) is 3.74. The lowest BCUT2D eigenvalue weighted by atomic mass is 10.1. The molecule has 0 heterocycles. The quantitative estimate of drug-likeness (QED) is 0.820. The van der Waals surface area contributed by atoms with Crippen LogP contribution in [0, 0.1) is 0 Å². The molecule has 1 nitrogen and oxygen atoms in total. The van der Waals surface area contributed by atoms with Gasteiger partial charge in [0.15, 0.2) is 0 Å². The standard InChI is InChI=1S/C10H11BrClN/c1-3-10(13-2)8-6-7(11)4-5-9(8)12/h3-6,10,13H,1H2,2H3. The third-order valence-electron chi connectivity index (χ3n) is 1.84. The van der Waals surface area contributed by atoms with Crippen LogP contribution in [0.1, 0.15) is 11.6 Å². The topological polar surface area (TPSA) is 12.0 Å². The summed E-state index contributed by atoms with van der Waals surface area (Å²) in [5.41, 5.74) is 1.04. The number of nitrogens with one attached hydrogen (secondary N) is 1. The average Bonchev–Trinajstić information content (AvgIpc) is 2.13. The highest BCUT2D eigenvalue weighted by Crippen LogP contribution is 2.26. The minimum absolute atomic E-state index is 0.102. The van der Waals surface area contributed by atoms with Gasteiger partial charge in [-0.1, -0.05) is 33.6 Å². The van der Waals surface area contributed by atoms with Gasteiger partial charge in [-0.25, -0.2) is 0 Å². The van der Waals surface area contributed by atoms with Crippen molar-refractivity contribution in [1.82, 2.24) is 5.32 Å². The second kappa shape index (κ2) is 4.80. The molecule has 3 heteroatoms. The third kappa shape index (κ3) is 2.56. The van der Waals surface area contributed by atoms with Gasteiger partial charge in [-0.3, -0.25) is 0 Å². The highest BCUT2D eigenvalue weighted by molar-refractivity contribution is 9.10. The van der Waals surface area contributed by atoms with Gasteiger partial charge in [0.1, 0.15) is 0 Å². The molecule has 0 aliphatic carbocycles. The van der Waals surface area contributed by atoms with Crippen molar-refractivity contribution in [3.8, 4) is 0 Å². The Balaban J connectivity index is 3.10. The summed E-state index contributed by atoms with van der Waals surface area (Å²) >= 11 is 9.44. The van der Waals surface area contributed by atoms with E-state index < -0.39 is 0 Å². The molecule has 0 bridgehead atoms. The molecule has 0 aliphatic rings. The molecule has 0 aromatic heterocycles. The predicted octanol–water partition coefficient (Wildman–Crippen LogP) is 3.55. The van der Waals surface area contributed by atoms with Crippen molar-refractivity contribution in [2.45, 2.75) is 6.04 Å². The van der Waals surface area contributed by atoms with Crippen LogP contribution in [0.5, 0.6) is 0 Å². The van der Waals surface area contributed by atoms with Crippen molar-refractivity contribution >= 4 is 27.5 Å². The Bertz CT molecular complexity index is 312. The molecule has 0 spiro atoms. The maximum Gasteiger partial charge on any atom is 0.0516 e. The van der Waals surface area contributed by atoms with Gasteiger partial charge in [-0.15, -0.1) is 6.58 Å². The fourth-order valence-electron chi connectivity index (χ4n) is 1.15. The Kier molecular flexibility index (Phi) is 3.97. The SMILES string of the molecule is C=CC(NC)c1cc(Br)ccc1Cl. The van der Waals surface area contributed by atoms with Crippen LogP contribution in [-0.2, 0) is 0 Å². The molecular weight excluding hydrogens is 249 g/mol. The number of rotatable bonds is 3. The van der Waals surface area contributed by atoms with Gasteiger partial charge in [0.25, 0.3) is 0 Å². The zero-order valence-corrected chi connectivity index (χ0v) is 9.69. The molecule has 0 fully saturated rings. The van der Waals surface area contributed by atoms with E-state index >= 15 is 0 Å². The van der Waals surface area contributed by atoms with Crippen LogP contribution in [0.2, 0.25) is 5.02 Å². The van der Waals surface area contributed by atoms with Crippen molar-refractivity contribution in [3.63, 3.8) is 0 Å². The van der Waals surface area contributed by atoms with E-state index in [4.69, 9.17) is 11.6 Å². The van der Waals surface area contributed by atoms with Gasteiger partial charge in [-0.2, -0.15) is 0 Å². The average molecular weight is 261 g/mol. The summed E-state index contributed by atoms with van der Waals surface area (Å²) in [7, 11) is 1.88. The minimum atomic E-state index is 0.102. The number of likely N-dealkylation sites (N-methyl/N-ethyl adjacent to an activating group) is 1. The maximum atomic E-state index is 6.04. The molecule has 1 atom stereocenters. The summed E-state index contributed by atoms with van der Waals surface area (Å²) in [6, 6.07) is 5.88. The monoisotopic (exact) mass is 259 g/mol. The fourth-order valence-corrected chi connectivity index (χ4v) is 1.77. The zero-order valence-electron chi connectivity index (χ0n) is 7.35. The molecule has 1 N–H and O–H groups in total. The van der Waals surface area contributed by atoms with Gasteiger partial charge in [-0.05, 0) is 30.8 Å². The first-order valence-corrected chi connectivity index (χ1v) is 5.11. The van der Waals surface area contributed by atoms with E-state index in [9.17, 15) is 0 Å². The maximum absolute atomic E-state index is 6.04. The van der Waals surface area contributed by atoms with Gasteiger partial charge < -0.3 is 5.32 Å². The second-order valence-electron chi connectivity index (χ2n) is 2.67. The van der Waals surface area contributed by atoms with E-state index in [-0.39, 0.29) is 6.04 Å². The molecule has 0 aliphatic heterocycles. The van der Waals surface area contributed by atoms with Crippen molar-refractivity contribution in [2.75, 3.05) is 7.05 Å². The molecule has 1 unspecified atom stereocenters. The Hall–Kier alpha value is -0.310. The Morgan fingerprint density at radius 2 is 2.31 bits per heavy atom. The third-order valence-corrected chi connectivity index (χ3v) is 2.68. The van der Waals surface area contributed by atoms with Crippen LogP contribution in [0.3, 0.4) is 0 Å². The lowest BCUT2D eigenvalue weighted by Gasteiger charge is -2.13. The molecule has 0 saturated carbocycles. The number of halogens is 2. The smallest absolute Gasteiger partial charge is 0.0516 e. The largest absolute Gasteiger partial charge is 0.310 e. The summed E-state index contributed by atoms with van der Waals surface area (Å²) < 4.78 is 1.02. The molecule has 13 heavy (non-hydrogen) atoms. The highest BCUT2D eigenvalue weighted by Gasteiger charge is 2.08. The minimum Gasteiger partial charge on any atom is -0.310 e. The van der Waals surface area contributed by atoms with E-state index in [1.807, 2.05) is 31.3 Å². The number of benzene rings is 1. The van der Waals surface area contributed by atoms with Gasteiger partial charge >= 0.3 is 0 Å². The normalized spacial score (nSPS) is 12.5. The van der Waals surface area contributed by atoms with E-state index in [2.05, 4.69) is 27.8 Å².